The molecule has 6 nitrogen and oxygen atoms in total. The zero-order valence-corrected chi connectivity index (χ0v) is 12.4. The third kappa shape index (κ3) is 3.25. The Labute approximate surface area is 119 Å². The zero-order chi connectivity index (χ0) is 14.5. The van der Waals surface area contributed by atoms with Gasteiger partial charge in [-0.05, 0) is 20.4 Å². The smallest absolute Gasteiger partial charge is 0.341 e. The second kappa shape index (κ2) is 6.65. The Balaban J connectivity index is 2.18. The van der Waals surface area contributed by atoms with Crippen LogP contribution in [-0.2, 0) is 11.2 Å². The van der Waals surface area contributed by atoms with E-state index in [1.807, 2.05) is 6.92 Å². The molecule has 0 aliphatic carbocycles. The van der Waals surface area contributed by atoms with Crippen molar-refractivity contribution in [2.75, 3.05) is 44.7 Å². The van der Waals surface area contributed by atoms with Crippen molar-refractivity contribution in [1.82, 2.24) is 14.9 Å². The molecule has 2 rings (SSSR count). The van der Waals surface area contributed by atoms with Crippen molar-refractivity contribution in [1.29, 1.82) is 0 Å². The predicted molar refractivity (Wildman–Crippen MR) is 77.1 cm³/mol. The average molecular weight is 278 g/mol. The van der Waals surface area contributed by atoms with Crippen LogP contribution in [0.3, 0.4) is 0 Å². The average Bonchev–Trinajstić information content (AvgIpc) is 2.47. The van der Waals surface area contributed by atoms with E-state index in [2.05, 4.69) is 26.8 Å². The number of nitrogens with zero attached hydrogens (tertiary/aromatic N) is 4. The van der Waals surface area contributed by atoms with Crippen molar-refractivity contribution < 1.29 is 9.53 Å². The highest BCUT2D eigenvalue weighted by Crippen LogP contribution is 2.15. The lowest BCUT2D eigenvalue weighted by Crippen LogP contribution is -2.45. The minimum atomic E-state index is -0.339. The summed E-state index contributed by atoms with van der Waals surface area (Å²) in [4.78, 5) is 25.1. The van der Waals surface area contributed by atoms with Crippen LogP contribution in [0.25, 0.3) is 0 Å². The summed E-state index contributed by atoms with van der Waals surface area (Å²) in [7, 11) is 2.11. The van der Waals surface area contributed by atoms with Crippen LogP contribution in [0.5, 0.6) is 0 Å². The van der Waals surface area contributed by atoms with E-state index in [-0.39, 0.29) is 5.97 Å². The Hall–Kier alpha value is -1.69. The van der Waals surface area contributed by atoms with Crippen LogP contribution in [-0.4, -0.2) is 60.7 Å². The Morgan fingerprint density at radius 3 is 2.60 bits per heavy atom. The molecule has 1 aromatic heterocycles. The van der Waals surface area contributed by atoms with Crippen LogP contribution >= 0.6 is 0 Å². The summed E-state index contributed by atoms with van der Waals surface area (Å²) in [6, 6.07) is 0. The van der Waals surface area contributed by atoms with Gasteiger partial charge in [0.2, 0.25) is 5.95 Å². The number of aromatic nitrogens is 2. The number of ether oxygens (including phenoxy) is 1. The van der Waals surface area contributed by atoms with Gasteiger partial charge in [0.05, 0.1) is 17.9 Å². The lowest BCUT2D eigenvalue weighted by atomic mass is 10.2. The molecular formula is C14H22N4O2. The first-order valence-electron chi connectivity index (χ1n) is 7.12. The van der Waals surface area contributed by atoms with Crippen LogP contribution in [0.2, 0.25) is 0 Å². The standard InChI is InChI=1S/C14H22N4O2/c1-4-12-11(13(19)20-5-2)10-15-14(16-12)18-8-6-17(3)7-9-18/h10H,4-9H2,1-3H3. The molecule has 0 N–H and O–H groups in total. The fraction of sp³-hybridized carbons (Fsp3) is 0.643. The van der Waals surface area contributed by atoms with Gasteiger partial charge >= 0.3 is 5.97 Å². The van der Waals surface area contributed by atoms with Gasteiger partial charge < -0.3 is 14.5 Å². The number of piperazine rings is 1. The largest absolute Gasteiger partial charge is 0.462 e. The topological polar surface area (TPSA) is 58.6 Å². The molecule has 0 unspecified atom stereocenters. The first-order valence-corrected chi connectivity index (χ1v) is 7.12. The molecule has 2 heterocycles. The molecule has 0 bridgehead atoms. The predicted octanol–water partition coefficient (Wildman–Crippen LogP) is 0.967. The number of hydrogen-bond acceptors (Lipinski definition) is 6. The molecule has 6 heteroatoms. The Morgan fingerprint density at radius 1 is 1.30 bits per heavy atom. The molecule has 1 fully saturated rings. The Kier molecular flexibility index (Phi) is 4.89. The lowest BCUT2D eigenvalue weighted by molar-refractivity contribution is 0.0524. The van der Waals surface area contributed by atoms with E-state index in [0.29, 0.717) is 24.5 Å². The fourth-order valence-electron chi connectivity index (χ4n) is 2.21. The van der Waals surface area contributed by atoms with Crippen molar-refractivity contribution in [3.8, 4) is 0 Å². The molecule has 1 aliphatic heterocycles. The van der Waals surface area contributed by atoms with E-state index in [0.717, 1.165) is 31.9 Å². The molecule has 0 amide bonds. The van der Waals surface area contributed by atoms with E-state index in [4.69, 9.17) is 4.74 Å². The molecule has 1 aromatic rings. The van der Waals surface area contributed by atoms with Gasteiger partial charge in [-0.2, -0.15) is 0 Å². The number of esters is 1. The number of carbonyl (C=O) groups is 1. The number of aryl methyl sites for hydroxylation is 1. The first-order chi connectivity index (χ1) is 9.65. The summed E-state index contributed by atoms with van der Waals surface area (Å²) in [5.41, 5.74) is 1.24. The highest BCUT2D eigenvalue weighted by atomic mass is 16.5. The highest BCUT2D eigenvalue weighted by molar-refractivity contribution is 5.90. The second-order valence-electron chi connectivity index (χ2n) is 4.89. The van der Waals surface area contributed by atoms with E-state index < -0.39 is 0 Å². The summed E-state index contributed by atoms with van der Waals surface area (Å²) < 4.78 is 5.03. The maximum Gasteiger partial charge on any atom is 0.341 e. The normalized spacial score (nSPS) is 16.2. The number of carbonyl (C=O) groups excluding carboxylic acids is 1. The maximum atomic E-state index is 11.8. The monoisotopic (exact) mass is 278 g/mol. The summed E-state index contributed by atoms with van der Waals surface area (Å²) >= 11 is 0. The summed E-state index contributed by atoms with van der Waals surface area (Å²) in [6.07, 6.45) is 2.29. The molecule has 1 aliphatic rings. The first kappa shape index (κ1) is 14.7. The third-order valence-corrected chi connectivity index (χ3v) is 3.47. The number of hydrogen-bond donors (Lipinski definition) is 0. The summed E-state index contributed by atoms with van der Waals surface area (Å²) in [5.74, 6) is 0.372. The van der Waals surface area contributed by atoms with Gasteiger partial charge in [0, 0.05) is 32.4 Å². The van der Waals surface area contributed by atoms with Gasteiger partial charge in [0.15, 0.2) is 0 Å². The Bertz CT molecular complexity index is 470. The van der Waals surface area contributed by atoms with E-state index >= 15 is 0 Å². The van der Waals surface area contributed by atoms with Crippen LogP contribution in [0.4, 0.5) is 5.95 Å². The van der Waals surface area contributed by atoms with Gasteiger partial charge in [-0.25, -0.2) is 14.8 Å². The summed E-state index contributed by atoms with van der Waals surface area (Å²) in [6.45, 7) is 7.98. The van der Waals surface area contributed by atoms with E-state index in [9.17, 15) is 4.79 Å². The lowest BCUT2D eigenvalue weighted by Gasteiger charge is -2.32. The molecule has 0 aromatic carbocycles. The fourth-order valence-corrected chi connectivity index (χ4v) is 2.21. The number of anilines is 1. The molecule has 1 saturated heterocycles. The zero-order valence-electron chi connectivity index (χ0n) is 12.4. The minimum absolute atomic E-state index is 0.339. The van der Waals surface area contributed by atoms with Crippen molar-refractivity contribution in [2.24, 2.45) is 0 Å². The van der Waals surface area contributed by atoms with Crippen LogP contribution in [0, 0.1) is 0 Å². The molecule has 0 saturated carbocycles. The quantitative estimate of drug-likeness (QED) is 0.765. The van der Waals surface area contributed by atoms with Gasteiger partial charge in [-0.1, -0.05) is 6.92 Å². The molecular weight excluding hydrogens is 256 g/mol. The van der Waals surface area contributed by atoms with E-state index in [1.165, 1.54) is 0 Å². The van der Waals surface area contributed by atoms with Crippen molar-refractivity contribution >= 4 is 11.9 Å². The molecule has 0 radical (unpaired) electrons. The molecule has 0 atom stereocenters. The van der Waals surface area contributed by atoms with Gasteiger partial charge in [0.1, 0.15) is 0 Å². The van der Waals surface area contributed by atoms with Crippen molar-refractivity contribution in [3.05, 3.63) is 17.5 Å². The summed E-state index contributed by atoms with van der Waals surface area (Å²) in [5, 5.41) is 0. The van der Waals surface area contributed by atoms with Crippen molar-refractivity contribution in [3.63, 3.8) is 0 Å². The van der Waals surface area contributed by atoms with Crippen LogP contribution in [0.15, 0.2) is 6.20 Å². The van der Waals surface area contributed by atoms with Gasteiger partial charge in [0.25, 0.3) is 0 Å². The maximum absolute atomic E-state index is 11.8. The highest BCUT2D eigenvalue weighted by Gasteiger charge is 2.19. The Morgan fingerprint density at radius 2 is 2.00 bits per heavy atom. The molecule has 110 valence electrons. The third-order valence-electron chi connectivity index (χ3n) is 3.47. The van der Waals surface area contributed by atoms with E-state index in [1.54, 1.807) is 13.1 Å². The van der Waals surface area contributed by atoms with Crippen LogP contribution < -0.4 is 4.90 Å². The van der Waals surface area contributed by atoms with Crippen molar-refractivity contribution in [2.45, 2.75) is 20.3 Å². The SMILES string of the molecule is CCOC(=O)c1cnc(N2CCN(C)CC2)nc1CC. The second-order valence-corrected chi connectivity index (χ2v) is 4.89. The van der Waals surface area contributed by atoms with Crippen LogP contribution in [0.1, 0.15) is 29.9 Å². The number of rotatable bonds is 4. The molecule has 0 spiro atoms. The number of likely N-dealkylation sites (N-methyl/N-ethyl adjacent to an activating group) is 1. The molecule has 20 heavy (non-hydrogen) atoms. The van der Waals surface area contributed by atoms with Gasteiger partial charge in [-0.3, -0.25) is 0 Å². The minimum Gasteiger partial charge on any atom is -0.462 e. The van der Waals surface area contributed by atoms with Gasteiger partial charge in [-0.15, -0.1) is 0 Å².